The first kappa shape index (κ1) is 13.7. The van der Waals surface area contributed by atoms with Gasteiger partial charge in [0.1, 0.15) is 5.69 Å². The number of hydrogen-bond acceptors (Lipinski definition) is 2. The molecule has 3 rings (SSSR count). The first-order valence-electron chi connectivity index (χ1n) is 7.99. The van der Waals surface area contributed by atoms with E-state index in [-0.39, 0.29) is 5.91 Å². The number of piperidine rings is 1. The second-order valence-electron chi connectivity index (χ2n) is 5.98. The van der Waals surface area contributed by atoms with Crippen LogP contribution in [0.1, 0.15) is 55.6 Å². The van der Waals surface area contributed by atoms with Crippen LogP contribution in [0.25, 0.3) is 0 Å². The van der Waals surface area contributed by atoms with Gasteiger partial charge in [-0.3, -0.25) is 4.79 Å². The van der Waals surface area contributed by atoms with Crippen molar-refractivity contribution < 1.29 is 4.79 Å². The second kappa shape index (κ2) is 6.00. The molecule has 2 fully saturated rings. The maximum absolute atomic E-state index is 12.8. The Morgan fingerprint density at radius 1 is 1.35 bits per heavy atom. The van der Waals surface area contributed by atoms with Gasteiger partial charge in [0.15, 0.2) is 0 Å². The summed E-state index contributed by atoms with van der Waals surface area (Å²) in [6, 6.07) is 4.94. The lowest BCUT2D eigenvalue weighted by atomic mass is 10.1. The molecule has 2 saturated heterocycles. The Labute approximate surface area is 121 Å². The number of carbonyl (C=O) groups is 1. The van der Waals surface area contributed by atoms with Gasteiger partial charge in [-0.25, -0.2) is 0 Å². The molecule has 0 radical (unpaired) electrons. The lowest BCUT2D eigenvalue weighted by molar-refractivity contribution is 0.0719. The van der Waals surface area contributed by atoms with Crippen LogP contribution in [0.4, 0.5) is 0 Å². The van der Waals surface area contributed by atoms with Crippen LogP contribution in [0.2, 0.25) is 0 Å². The molecule has 4 heteroatoms. The van der Waals surface area contributed by atoms with Crippen molar-refractivity contribution in [3.63, 3.8) is 0 Å². The Morgan fingerprint density at radius 3 is 2.90 bits per heavy atom. The van der Waals surface area contributed by atoms with Crippen molar-refractivity contribution in [2.75, 3.05) is 19.6 Å². The zero-order chi connectivity index (χ0) is 13.9. The van der Waals surface area contributed by atoms with Gasteiger partial charge in [0.05, 0.1) is 0 Å². The van der Waals surface area contributed by atoms with E-state index < -0.39 is 0 Å². The molecule has 20 heavy (non-hydrogen) atoms. The third-order valence-corrected chi connectivity index (χ3v) is 4.81. The Morgan fingerprint density at radius 2 is 2.15 bits per heavy atom. The predicted molar refractivity (Wildman–Crippen MR) is 79.9 cm³/mol. The average molecular weight is 275 g/mol. The molecule has 1 aromatic rings. The minimum absolute atomic E-state index is 0.234. The van der Waals surface area contributed by atoms with Crippen molar-refractivity contribution in [2.24, 2.45) is 0 Å². The SMILES string of the molecule is CCC1CCCN1C(=O)c1cccn1C1CCNCC1. The van der Waals surface area contributed by atoms with Gasteiger partial charge in [0.25, 0.3) is 5.91 Å². The maximum atomic E-state index is 12.8. The molecule has 2 aliphatic heterocycles. The molecule has 1 aromatic heterocycles. The summed E-state index contributed by atoms with van der Waals surface area (Å²) in [6.45, 7) is 5.21. The molecule has 1 amide bonds. The third kappa shape index (κ3) is 2.49. The van der Waals surface area contributed by atoms with E-state index in [0.717, 1.165) is 57.4 Å². The van der Waals surface area contributed by atoms with Crippen molar-refractivity contribution in [1.29, 1.82) is 0 Å². The normalized spacial score (nSPS) is 24.2. The van der Waals surface area contributed by atoms with Crippen molar-refractivity contribution >= 4 is 5.91 Å². The summed E-state index contributed by atoms with van der Waals surface area (Å²) in [5, 5.41) is 3.39. The molecule has 0 aliphatic carbocycles. The van der Waals surface area contributed by atoms with Crippen molar-refractivity contribution in [1.82, 2.24) is 14.8 Å². The Kier molecular flexibility index (Phi) is 4.10. The molecule has 0 aromatic carbocycles. The van der Waals surface area contributed by atoms with E-state index in [4.69, 9.17) is 0 Å². The molecule has 2 aliphatic rings. The zero-order valence-corrected chi connectivity index (χ0v) is 12.3. The summed E-state index contributed by atoms with van der Waals surface area (Å²) in [7, 11) is 0. The fourth-order valence-corrected chi connectivity index (χ4v) is 3.65. The van der Waals surface area contributed by atoms with Crippen LogP contribution >= 0.6 is 0 Å². The Balaban J connectivity index is 1.79. The number of nitrogens with zero attached hydrogens (tertiary/aromatic N) is 2. The number of hydrogen-bond donors (Lipinski definition) is 1. The fourth-order valence-electron chi connectivity index (χ4n) is 3.65. The van der Waals surface area contributed by atoms with Crippen molar-refractivity contribution in [3.05, 3.63) is 24.0 Å². The van der Waals surface area contributed by atoms with Crippen LogP contribution in [0, 0.1) is 0 Å². The molecule has 110 valence electrons. The first-order valence-corrected chi connectivity index (χ1v) is 7.99. The third-order valence-electron chi connectivity index (χ3n) is 4.81. The van der Waals surface area contributed by atoms with Gasteiger partial charge in [-0.2, -0.15) is 0 Å². The summed E-state index contributed by atoms with van der Waals surface area (Å²) in [5.74, 6) is 0.234. The fraction of sp³-hybridized carbons (Fsp3) is 0.688. The maximum Gasteiger partial charge on any atom is 0.270 e. The second-order valence-corrected chi connectivity index (χ2v) is 5.98. The van der Waals surface area contributed by atoms with E-state index in [1.807, 2.05) is 12.1 Å². The monoisotopic (exact) mass is 275 g/mol. The average Bonchev–Trinajstić information content (AvgIpc) is 3.16. The highest BCUT2D eigenvalue weighted by Crippen LogP contribution is 2.26. The molecule has 1 unspecified atom stereocenters. The van der Waals surface area contributed by atoms with Gasteiger partial charge in [0.2, 0.25) is 0 Å². The largest absolute Gasteiger partial charge is 0.340 e. The van der Waals surface area contributed by atoms with Gasteiger partial charge in [-0.05, 0) is 57.3 Å². The standard InChI is InChI=1S/C16H25N3O/c1-2-13-5-3-12-19(13)16(20)15-6-4-11-18(15)14-7-9-17-10-8-14/h4,6,11,13-14,17H,2-3,5,7-10,12H2,1H3. The van der Waals surface area contributed by atoms with Crippen molar-refractivity contribution in [3.8, 4) is 0 Å². The lowest BCUT2D eigenvalue weighted by Gasteiger charge is -2.28. The summed E-state index contributed by atoms with van der Waals surface area (Å²) in [4.78, 5) is 14.9. The van der Waals surface area contributed by atoms with Gasteiger partial charge in [0, 0.05) is 24.8 Å². The van der Waals surface area contributed by atoms with Crippen LogP contribution in [-0.4, -0.2) is 41.1 Å². The highest BCUT2D eigenvalue weighted by Gasteiger charge is 2.30. The number of likely N-dealkylation sites (tertiary alicyclic amines) is 1. The molecule has 0 saturated carbocycles. The van der Waals surface area contributed by atoms with Gasteiger partial charge in [-0.15, -0.1) is 0 Å². The van der Waals surface area contributed by atoms with Gasteiger partial charge in [-0.1, -0.05) is 6.92 Å². The number of aromatic nitrogens is 1. The van der Waals surface area contributed by atoms with E-state index in [0.29, 0.717) is 12.1 Å². The molecule has 1 N–H and O–H groups in total. The smallest absolute Gasteiger partial charge is 0.270 e. The quantitative estimate of drug-likeness (QED) is 0.920. The van der Waals surface area contributed by atoms with E-state index in [1.54, 1.807) is 0 Å². The minimum Gasteiger partial charge on any atom is -0.340 e. The summed E-state index contributed by atoms with van der Waals surface area (Å²) in [5.41, 5.74) is 0.886. The highest BCUT2D eigenvalue weighted by molar-refractivity contribution is 5.93. The number of amides is 1. The van der Waals surface area contributed by atoms with Crippen molar-refractivity contribution in [2.45, 2.75) is 51.1 Å². The van der Waals surface area contributed by atoms with E-state index in [9.17, 15) is 4.79 Å². The molecule has 0 spiro atoms. The van der Waals surface area contributed by atoms with E-state index >= 15 is 0 Å². The lowest BCUT2D eigenvalue weighted by Crippen LogP contribution is -2.37. The summed E-state index contributed by atoms with van der Waals surface area (Å²) < 4.78 is 2.22. The Bertz CT molecular complexity index is 462. The van der Waals surface area contributed by atoms with Crippen LogP contribution in [0.15, 0.2) is 18.3 Å². The first-order chi connectivity index (χ1) is 9.81. The molecule has 1 atom stereocenters. The summed E-state index contributed by atoms with van der Waals surface area (Å²) >= 11 is 0. The highest BCUT2D eigenvalue weighted by atomic mass is 16.2. The number of rotatable bonds is 3. The van der Waals surface area contributed by atoms with Crippen LogP contribution in [0.3, 0.4) is 0 Å². The van der Waals surface area contributed by atoms with Crippen LogP contribution < -0.4 is 5.32 Å². The zero-order valence-electron chi connectivity index (χ0n) is 12.3. The molecule has 3 heterocycles. The van der Waals surface area contributed by atoms with Gasteiger partial charge < -0.3 is 14.8 Å². The van der Waals surface area contributed by atoms with E-state index in [1.165, 1.54) is 0 Å². The molecular formula is C16H25N3O. The van der Waals surface area contributed by atoms with Gasteiger partial charge >= 0.3 is 0 Å². The molecule has 4 nitrogen and oxygen atoms in total. The molecule has 0 bridgehead atoms. The Hall–Kier alpha value is -1.29. The minimum atomic E-state index is 0.234. The summed E-state index contributed by atoms with van der Waals surface area (Å²) in [6.07, 6.45) is 7.70. The number of carbonyl (C=O) groups excluding carboxylic acids is 1. The van der Waals surface area contributed by atoms with E-state index in [2.05, 4.69) is 27.9 Å². The topological polar surface area (TPSA) is 37.3 Å². The van der Waals surface area contributed by atoms with Crippen LogP contribution in [-0.2, 0) is 0 Å². The molecular weight excluding hydrogens is 250 g/mol. The number of nitrogens with one attached hydrogen (secondary N) is 1. The van der Waals surface area contributed by atoms with Crippen LogP contribution in [0.5, 0.6) is 0 Å². The predicted octanol–water partition coefficient (Wildman–Crippen LogP) is 2.43.